The number of rotatable bonds is 13. The Balaban J connectivity index is 1.73. The van der Waals surface area contributed by atoms with Crippen molar-refractivity contribution in [3.8, 4) is 0 Å². The van der Waals surface area contributed by atoms with Crippen LogP contribution in [-0.4, -0.2) is 50.4 Å². The van der Waals surface area contributed by atoms with E-state index >= 15 is 0 Å². The van der Waals surface area contributed by atoms with Crippen LogP contribution in [0.4, 0.5) is 4.79 Å². The van der Waals surface area contributed by atoms with Crippen LogP contribution in [0.5, 0.6) is 0 Å². The maximum atomic E-state index is 13.5. The zero-order valence-corrected chi connectivity index (χ0v) is 19.5. The van der Waals surface area contributed by atoms with Crippen molar-refractivity contribution in [3.05, 3.63) is 66.2 Å². The number of hydrogen-bond donors (Lipinski definition) is 3. The van der Waals surface area contributed by atoms with Gasteiger partial charge in [-0.05, 0) is 18.9 Å². The molecule has 2 amide bonds. The molecule has 2 rings (SSSR count). The van der Waals surface area contributed by atoms with Gasteiger partial charge in [0.2, 0.25) is 5.91 Å². The molecule has 1 atom stereocenters. The number of ether oxygens (including phenoxy) is 2. The Labute approximate surface area is 193 Å². The first-order chi connectivity index (χ1) is 15.9. The van der Waals surface area contributed by atoms with Crippen molar-refractivity contribution in [2.24, 2.45) is 0 Å². The third-order valence-corrected chi connectivity index (χ3v) is 7.28. The molecule has 9 nitrogen and oxygen atoms in total. The van der Waals surface area contributed by atoms with Crippen LogP contribution < -0.4 is 21.0 Å². The smallest absolute Gasteiger partial charge is 0.407 e. The SMILES string of the molecule is CCOC(=O)CNP(=O)(CCCNC(=O)CNC(=O)OCc1ccccc1)c1ccccc1. The molecular formula is C23H30N3O6P. The highest BCUT2D eigenvalue weighted by Crippen LogP contribution is 2.39. The van der Waals surface area contributed by atoms with Gasteiger partial charge in [-0.1, -0.05) is 60.7 Å². The summed E-state index contributed by atoms with van der Waals surface area (Å²) >= 11 is 0. The van der Waals surface area contributed by atoms with Crippen molar-refractivity contribution in [1.82, 2.24) is 15.7 Å². The minimum absolute atomic E-state index is 0.113. The molecule has 0 spiro atoms. The second-order valence-electron chi connectivity index (χ2n) is 7.06. The fourth-order valence-corrected chi connectivity index (χ4v) is 5.13. The monoisotopic (exact) mass is 475 g/mol. The lowest BCUT2D eigenvalue weighted by atomic mass is 10.2. The molecule has 2 aromatic carbocycles. The van der Waals surface area contributed by atoms with Crippen molar-refractivity contribution in [2.45, 2.75) is 20.0 Å². The summed E-state index contributed by atoms with van der Waals surface area (Å²) in [5, 5.41) is 8.51. The van der Waals surface area contributed by atoms with Crippen LogP contribution in [0.15, 0.2) is 60.7 Å². The van der Waals surface area contributed by atoms with Gasteiger partial charge in [-0.3, -0.25) is 14.7 Å². The molecule has 178 valence electrons. The molecule has 2 aromatic rings. The fraction of sp³-hybridized carbons (Fsp3) is 0.348. The third-order valence-electron chi connectivity index (χ3n) is 4.54. The van der Waals surface area contributed by atoms with Crippen LogP contribution in [-0.2, 0) is 30.2 Å². The first-order valence-corrected chi connectivity index (χ1v) is 12.6. The predicted octanol–water partition coefficient (Wildman–Crippen LogP) is 2.18. The maximum absolute atomic E-state index is 13.5. The zero-order valence-electron chi connectivity index (χ0n) is 18.6. The second-order valence-corrected chi connectivity index (χ2v) is 9.82. The molecule has 0 heterocycles. The molecule has 3 N–H and O–H groups in total. The van der Waals surface area contributed by atoms with E-state index in [9.17, 15) is 18.9 Å². The molecule has 0 aromatic heterocycles. The highest BCUT2D eigenvalue weighted by atomic mass is 31.2. The Morgan fingerprint density at radius 3 is 2.21 bits per heavy atom. The second kappa shape index (κ2) is 14.1. The van der Waals surface area contributed by atoms with Gasteiger partial charge in [-0.2, -0.15) is 0 Å². The lowest BCUT2D eigenvalue weighted by Crippen LogP contribution is -2.38. The minimum atomic E-state index is -3.07. The van der Waals surface area contributed by atoms with Gasteiger partial charge in [0.15, 0.2) is 7.29 Å². The van der Waals surface area contributed by atoms with Crippen molar-refractivity contribution < 1.29 is 28.4 Å². The average molecular weight is 475 g/mol. The standard InChI is InChI=1S/C23H30N3O6P/c1-2-31-22(28)17-26-33(30,20-12-7-4-8-13-20)15-9-14-24-21(27)16-25-23(29)32-18-19-10-5-3-6-11-19/h3-8,10-13H,2,9,14-18H2,1H3,(H,24,27)(H,25,29)(H,26,30). The summed E-state index contributed by atoms with van der Waals surface area (Å²) in [5.74, 6) is -0.868. The number of carbonyl (C=O) groups is 3. The molecule has 0 saturated carbocycles. The summed E-state index contributed by atoms with van der Waals surface area (Å²) < 4.78 is 23.4. The van der Waals surface area contributed by atoms with Crippen LogP contribution in [0, 0.1) is 0 Å². The van der Waals surface area contributed by atoms with Gasteiger partial charge in [0.1, 0.15) is 13.2 Å². The number of carbonyl (C=O) groups excluding carboxylic acids is 3. The number of benzene rings is 2. The number of alkyl carbamates (subject to hydrolysis) is 1. The molecule has 0 aliphatic heterocycles. The highest BCUT2D eigenvalue weighted by Gasteiger charge is 2.25. The van der Waals surface area contributed by atoms with Gasteiger partial charge in [0, 0.05) is 18.0 Å². The summed E-state index contributed by atoms with van der Waals surface area (Å²) in [5.41, 5.74) is 0.844. The number of nitrogens with one attached hydrogen (secondary N) is 3. The summed E-state index contributed by atoms with van der Waals surface area (Å²) in [6.07, 6.45) is -0.0409. The molecule has 1 unspecified atom stereocenters. The molecule has 0 fully saturated rings. The van der Waals surface area contributed by atoms with E-state index < -0.39 is 19.4 Å². The van der Waals surface area contributed by atoms with Crippen LogP contribution in [0.2, 0.25) is 0 Å². The van der Waals surface area contributed by atoms with E-state index in [-0.39, 0.29) is 44.9 Å². The molecule has 0 saturated heterocycles. The topological polar surface area (TPSA) is 123 Å². The Bertz CT molecular complexity index is 940. The summed E-state index contributed by atoms with van der Waals surface area (Å²) in [7, 11) is -3.07. The van der Waals surface area contributed by atoms with E-state index in [4.69, 9.17) is 9.47 Å². The highest BCUT2D eigenvalue weighted by molar-refractivity contribution is 7.69. The Morgan fingerprint density at radius 1 is 0.879 bits per heavy atom. The molecule has 0 radical (unpaired) electrons. The average Bonchev–Trinajstić information content (AvgIpc) is 2.84. The third kappa shape index (κ3) is 9.89. The predicted molar refractivity (Wildman–Crippen MR) is 125 cm³/mol. The van der Waals surface area contributed by atoms with E-state index in [1.807, 2.05) is 36.4 Å². The molecule has 33 heavy (non-hydrogen) atoms. The van der Waals surface area contributed by atoms with Gasteiger partial charge in [0.05, 0.1) is 13.2 Å². The lowest BCUT2D eigenvalue weighted by molar-refractivity contribution is -0.141. The first kappa shape index (κ1) is 26.1. The summed E-state index contributed by atoms with van der Waals surface area (Å²) in [4.78, 5) is 35.4. The van der Waals surface area contributed by atoms with Gasteiger partial charge >= 0.3 is 12.1 Å². The molecule has 10 heteroatoms. The Kier molecular flexibility index (Phi) is 11.1. The van der Waals surface area contributed by atoms with Crippen molar-refractivity contribution in [3.63, 3.8) is 0 Å². The van der Waals surface area contributed by atoms with E-state index in [2.05, 4.69) is 15.7 Å². The maximum Gasteiger partial charge on any atom is 0.407 e. The van der Waals surface area contributed by atoms with E-state index in [1.54, 1.807) is 31.2 Å². The summed E-state index contributed by atoms with van der Waals surface area (Å²) in [6.45, 7) is 1.93. The molecule has 0 aliphatic rings. The van der Waals surface area contributed by atoms with Crippen LogP contribution >= 0.6 is 7.29 Å². The van der Waals surface area contributed by atoms with Crippen LogP contribution in [0.3, 0.4) is 0 Å². The molecule has 0 bridgehead atoms. The minimum Gasteiger partial charge on any atom is -0.465 e. The van der Waals surface area contributed by atoms with E-state index in [0.717, 1.165) is 5.56 Å². The van der Waals surface area contributed by atoms with Crippen molar-refractivity contribution in [1.29, 1.82) is 0 Å². The van der Waals surface area contributed by atoms with Gasteiger partial charge in [-0.15, -0.1) is 0 Å². The largest absolute Gasteiger partial charge is 0.465 e. The zero-order chi connectivity index (χ0) is 23.9. The van der Waals surface area contributed by atoms with Crippen LogP contribution in [0.1, 0.15) is 18.9 Å². The summed E-state index contributed by atoms with van der Waals surface area (Å²) in [6, 6.07) is 18.0. The Morgan fingerprint density at radius 2 is 1.55 bits per heavy atom. The number of esters is 1. The number of hydrogen-bond acceptors (Lipinski definition) is 6. The molecular weight excluding hydrogens is 445 g/mol. The van der Waals surface area contributed by atoms with E-state index in [1.165, 1.54) is 0 Å². The quantitative estimate of drug-likeness (QED) is 0.231. The number of amides is 2. The normalized spacial score (nSPS) is 12.3. The van der Waals surface area contributed by atoms with Gasteiger partial charge in [0.25, 0.3) is 0 Å². The van der Waals surface area contributed by atoms with Gasteiger partial charge < -0.3 is 24.7 Å². The molecule has 0 aliphatic carbocycles. The Hall–Kier alpha value is -3.16. The van der Waals surface area contributed by atoms with E-state index in [0.29, 0.717) is 11.7 Å². The first-order valence-electron chi connectivity index (χ1n) is 10.7. The van der Waals surface area contributed by atoms with Gasteiger partial charge in [-0.25, -0.2) is 4.79 Å². The van der Waals surface area contributed by atoms with Crippen molar-refractivity contribution in [2.75, 3.05) is 32.4 Å². The van der Waals surface area contributed by atoms with Crippen LogP contribution in [0.25, 0.3) is 0 Å². The fourth-order valence-electron chi connectivity index (χ4n) is 2.89. The van der Waals surface area contributed by atoms with Crippen molar-refractivity contribution >= 4 is 30.6 Å². The lowest BCUT2D eigenvalue weighted by Gasteiger charge is -2.20.